The predicted octanol–water partition coefficient (Wildman–Crippen LogP) is 3.81. The summed E-state index contributed by atoms with van der Waals surface area (Å²) in [5.41, 5.74) is 4.59. The fourth-order valence-electron chi connectivity index (χ4n) is 3.32. The third-order valence-electron chi connectivity index (χ3n) is 5.13. The molecule has 0 aliphatic carbocycles. The largest absolute Gasteiger partial charge is 0.354 e. The number of aromatic nitrogens is 4. The van der Waals surface area contributed by atoms with E-state index in [9.17, 15) is 4.79 Å². The lowest BCUT2D eigenvalue weighted by Gasteiger charge is -2.17. The molecule has 1 unspecified atom stereocenters. The summed E-state index contributed by atoms with van der Waals surface area (Å²) in [6, 6.07) is 3.93. The summed E-state index contributed by atoms with van der Waals surface area (Å²) in [7, 11) is 0. The molecule has 2 heterocycles. The Balaban J connectivity index is 1.53. The number of nitrogens with one attached hydrogen (secondary N) is 2. The molecule has 1 atom stereocenters. The van der Waals surface area contributed by atoms with Crippen molar-refractivity contribution in [2.45, 2.75) is 59.4 Å². The van der Waals surface area contributed by atoms with Crippen LogP contribution in [-0.2, 0) is 11.2 Å². The van der Waals surface area contributed by atoms with Gasteiger partial charge in [0.15, 0.2) is 0 Å². The number of aryl methyl sites for hydroxylation is 3. The van der Waals surface area contributed by atoms with Crippen LogP contribution in [0, 0.1) is 13.8 Å². The third-order valence-corrected chi connectivity index (χ3v) is 5.13. The summed E-state index contributed by atoms with van der Waals surface area (Å²) in [6.45, 7) is 10.9. The van der Waals surface area contributed by atoms with E-state index in [2.05, 4.69) is 55.1 Å². The Morgan fingerprint density at radius 1 is 1.26 bits per heavy atom. The Bertz CT molecular complexity index is 937. The van der Waals surface area contributed by atoms with Gasteiger partial charge in [-0.2, -0.15) is 0 Å². The molecule has 0 aliphatic heterocycles. The van der Waals surface area contributed by atoms with Gasteiger partial charge in [0.25, 0.3) is 0 Å². The molecule has 0 fully saturated rings. The van der Waals surface area contributed by atoms with Crippen LogP contribution in [0.2, 0.25) is 0 Å². The van der Waals surface area contributed by atoms with Crippen molar-refractivity contribution in [2.75, 3.05) is 6.54 Å². The maximum Gasteiger partial charge on any atom is 0.242 e. The molecule has 1 amide bonds. The highest BCUT2D eigenvalue weighted by molar-refractivity contribution is 5.80. The second kappa shape index (κ2) is 7.94. The van der Waals surface area contributed by atoms with Crippen LogP contribution in [-0.4, -0.2) is 32.0 Å². The number of fused-ring (bicyclic) bond motifs is 1. The van der Waals surface area contributed by atoms with Crippen molar-refractivity contribution in [1.82, 2.24) is 24.8 Å². The van der Waals surface area contributed by atoms with Crippen LogP contribution in [0.15, 0.2) is 24.5 Å². The van der Waals surface area contributed by atoms with Crippen molar-refractivity contribution in [3.8, 4) is 0 Å². The molecule has 3 rings (SSSR count). The van der Waals surface area contributed by atoms with E-state index in [1.165, 1.54) is 11.1 Å². The van der Waals surface area contributed by atoms with Gasteiger partial charge in [0, 0.05) is 31.3 Å². The average molecular weight is 367 g/mol. The zero-order valence-electron chi connectivity index (χ0n) is 16.8. The summed E-state index contributed by atoms with van der Waals surface area (Å²) < 4.78 is 1.95. The number of carbonyl (C=O) groups is 1. The molecular formula is C21H29N5O. The molecule has 144 valence electrons. The molecule has 0 bridgehead atoms. The normalized spacial score (nSPS) is 12.7. The SMILES string of the molecule is Cc1ccc2[nH]c(CCCNC(=O)C(C)n3ccnc3C(C)C)nc2c1C. The van der Waals surface area contributed by atoms with Crippen molar-refractivity contribution in [3.05, 3.63) is 47.3 Å². The minimum Gasteiger partial charge on any atom is -0.354 e. The fourth-order valence-corrected chi connectivity index (χ4v) is 3.32. The van der Waals surface area contributed by atoms with Gasteiger partial charge in [0.2, 0.25) is 5.91 Å². The van der Waals surface area contributed by atoms with Gasteiger partial charge < -0.3 is 14.9 Å². The number of aromatic amines is 1. The van der Waals surface area contributed by atoms with Crippen molar-refractivity contribution in [2.24, 2.45) is 0 Å². The number of benzene rings is 1. The first kappa shape index (κ1) is 19.1. The maximum absolute atomic E-state index is 12.5. The first-order valence-electron chi connectivity index (χ1n) is 9.63. The molecule has 0 saturated heterocycles. The number of imidazole rings is 2. The third kappa shape index (κ3) is 4.04. The van der Waals surface area contributed by atoms with Gasteiger partial charge in [-0.25, -0.2) is 9.97 Å². The lowest BCUT2D eigenvalue weighted by Crippen LogP contribution is -2.32. The van der Waals surface area contributed by atoms with Crippen LogP contribution in [0.1, 0.15) is 61.9 Å². The van der Waals surface area contributed by atoms with Gasteiger partial charge in [-0.15, -0.1) is 0 Å². The number of H-pyrrole nitrogens is 1. The Hall–Kier alpha value is -2.63. The first-order chi connectivity index (χ1) is 12.9. The highest BCUT2D eigenvalue weighted by Gasteiger charge is 2.18. The zero-order valence-corrected chi connectivity index (χ0v) is 16.8. The van der Waals surface area contributed by atoms with Crippen LogP contribution in [0.4, 0.5) is 0 Å². The fraction of sp³-hybridized carbons (Fsp3) is 0.476. The molecule has 0 aliphatic rings. The monoisotopic (exact) mass is 367 g/mol. The predicted molar refractivity (Wildman–Crippen MR) is 108 cm³/mol. The smallest absolute Gasteiger partial charge is 0.242 e. The van der Waals surface area contributed by atoms with E-state index in [0.717, 1.165) is 35.5 Å². The molecule has 2 N–H and O–H groups in total. The second-order valence-corrected chi connectivity index (χ2v) is 7.51. The number of hydrogen-bond donors (Lipinski definition) is 2. The van der Waals surface area contributed by atoms with Gasteiger partial charge in [-0.1, -0.05) is 19.9 Å². The summed E-state index contributed by atoms with van der Waals surface area (Å²) in [5, 5.41) is 3.03. The van der Waals surface area contributed by atoms with E-state index >= 15 is 0 Å². The number of hydrogen-bond acceptors (Lipinski definition) is 3. The van der Waals surface area contributed by atoms with Gasteiger partial charge in [-0.05, 0) is 44.4 Å². The first-order valence-corrected chi connectivity index (χ1v) is 9.63. The molecular weight excluding hydrogens is 338 g/mol. The van der Waals surface area contributed by atoms with E-state index in [-0.39, 0.29) is 17.9 Å². The number of carbonyl (C=O) groups excluding carboxylic acids is 1. The standard InChI is InChI=1S/C21H29N5O/c1-13(2)20-22-11-12-26(20)16(5)21(27)23-10-6-7-18-24-17-9-8-14(3)15(4)19(17)25-18/h8-9,11-13,16H,6-7,10H2,1-5H3,(H,23,27)(H,24,25). The number of nitrogens with zero attached hydrogens (tertiary/aromatic N) is 3. The van der Waals surface area contributed by atoms with E-state index in [1.807, 2.05) is 17.7 Å². The van der Waals surface area contributed by atoms with Crippen LogP contribution in [0.5, 0.6) is 0 Å². The summed E-state index contributed by atoms with van der Waals surface area (Å²) in [4.78, 5) is 24.9. The van der Waals surface area contributed by atoms with Crippen LogP contribution in [0.3, 0.4) is 0 Å². The molecule has 2 aromatic heterocycles. The van der Waals surface area contributed by atoms with E-state index in [0.29, 0.717) is 6.54 Å². The summed E-state index contributed by atoms with van der Waals surface area (Å²) in [6.07, 6.45) is 5.28. The van der Waals surface area contributed by atoms with Crippen molar-refractivity contribution < 1.29 is 4.79 Å². The topological polar surface area (TPSA) is 75.6 Å². The Morgan fingerprint density at radius 2 is 2.04 bits per heavy atom. The maximum atomic E-state index is 12.5. The van der Waals surface area contributed by atoms with E-state index < -0.39 is 0 Å². The molecule has 6 nitrogen and oxygen atoms in total. The highest BCUT2D eigenvalue weighted by atomic mass is 16.2. The average Bonchev–Trinajstić information content (AvgIpc) is 3.28. The van der Waals surface area contributed by atoms with Gasteiger partial charge >= 0.3 is 0 Å². The van der Waals surface area contributed by atoms with E-state index in [4.69, 9.17) is 4.98 Å². The van der Waals surface area contributed by atoms with E-state index in [1.54, 1.807) is 6.20 Å². The molecule has 0 saturated carbocycles. The lowest BCUT2D eigenvalue weighted by atomic mass is 10.1. The lowest BCUT2D eigenvalue weighted by molar-refractivity contribution is -0.123. The van der Waals surface area contributed by atoms with Crippen molar-refractivity contribution >= 4 is 16.9 Å². The Kier molecular flexibility index (Phi) is 5.63. The zero-order chi connectivity index (χ0) is 19.6. The Morgan fingerprint density at radius 3 is 2.78 bits per heavy atom. The number of rotatable bonds is 7. The Labute approximate surface area is 160 Å². The van der Waals surface area contributed by atoms with Crippen LogP contribution in [0.25, 0.3) is 11.0 Å². The highest BCUT2D eigenvalue weighted by Crippen LogP contribution is 2.20. The van der Waals surface area contributed by atoms with Gasteiger partial charge in [0.1, 0.15) is 17.7 Å². The molecule has 6 heteroatoms. The molecule has 0 radical (unpaired) electrons. The minimum atomic E-state index is -0.262. The number of amides is 1. The quantitative estimate of drug-likeness (QED) is 0.624. The molecule has 27 heavy (non-hydrogen) atoms. The van der Waals surface area contributed by atoms with Crippen molar-refractivity contribution in [3.63, 3.8) is 0 Å². The minimum absolute atomic E-state index is 0.0194. The summed E-state index contributed by atoms with van der Waals surface area (Å²) >= 11 is 0. The van der Waals surface area contributed by atoms with Gasteiger partial charge in [-0.3, -0.25) is 4.79 Å². The van der Waals surface area contributed by atoms with Crippen LogP contribution < -0.4 is 5.32 Å². The molecule has 0 spiro atoms. The van der Waals surface area contributed by atoms with Crippen molar-refractivity contribution in [1.29, 1.82) is 0 Å². The van der Waals surface area contributed by atoms with Gasteiger partial charge in [0.05, 0.1) is 11.0 Å². The van der Waals surface area contributed by atoms with Crippen LogP contribution >= 0.6 is 0 Å². The molecule has 1 aromatic carbocycles. The second-order valence-electron chi connectivity index (χ2n) is 7.51. The molecule has 3 aromatic rings. The summed E-state index contributed by atoms with van der Waals surface area (Å²) in [5.74, 6) is 2.21.